The highest BCUT2D eigenvalue weighted by molar-refractivity contribution is 5.26. The van der Waals surface area contributed by atoms with Gasteiger partial charge in [-0.2, -0.15) is 0 Å². The van der Waals surface area contributed by atoms with Crippen LogP contribution in [0.5, 0.6) is 5.75 Å². The largest absolute Gasteiger partial charge is 0.508 e. The van der Waals surface area contributed by atoms with Gasteiger partial charge in [-0.1, -0.05) is 25.0 Å². The number of aliphatic hydroxyl groups is 1. The molecule has 3 heteroatoms. The topological polar surface area (TPSA) is 52.5 Å². The molecule has 0 spiro atoms. The quantitative estimate of drug-likeness (QED) is 0.750. The molecule has 100 valence electrons. The molecule has 0 aromatic heterocycles. The van der Waals surface area contributed by atoms with Crippen LogP contribution < -0.4 is 5.32 Å². The molecule has 1 atom stereocenters. The lowest BCUT2D eigenvalue weighted by atomic mass is 10.0. The fourth-order valence-corrected chi connectivity index (χ4v) is 2.63. The van der Waals surface area contributed by atoms with Crippen LogP contribution in [0.25, 0.3) is 0 Å². The van der Waals surface area contributed by atoms with E-state index in [0.29, 0.717) is 18.3 Å². The van der Waals surface area contributed by atoms with Crippen LogP contribution >= 0.6 is 0 Å². The summed E-state index contributed by atoms with van der Waals surface area (Å²) >= 11 is 0. The van der Waals surface area contributed by atoms with Crippen LogP contribution in [0, 0.1) is 0 Å². The van der Waals surface area contributed by atoms with Crippen molar-refractivity contribution in [1.82, 2.24) is 5.32 Å². The van der Waals surface area contributed by atoms with Crippen LogP contribution in [0.2, 0.25) is 0 Å². The summed E-state index contributed by atoms with van der Waals surface area (Å²) < 4.78 is 0. The van der Waals surface area contributed by atoms with Crippen LogP contribution in [-0.2, 0) is 6.42 Å². The predicted molar refractivity (Wildman–Crippen MR) is 72.7 cm³/mol. The molecule has 0 bridgehead atoms. The van der Waals surface area contributed by atoms with Gasteiger partial charge >= 0.3 is 0 Å². The van der Waals surface area contributed by atoms with E-state index in [-0.39, 0.29) is 0 Å². The first-order chi connectivity index (χ1) is 8.57. The molecule has 0 radical (unpaired) electrons. The lowest BCUT2D eigenvalue weighted by Gasteiger charge is -2.25. The molecule has 1 fully saturated rings. The molecule has 3 nitrogen and oxygen atoms in total. The Kier molecular flexibility index (Phi) is 4.25. The van der Waals surface area contributed by atoms with Crippen molar-refractivity contribution in [3.05, 3.63) is 29.8 Å². The van der Waals surface area contributed by atoms with Crippen molar-refractivity contribution in [1.29, 1.82) is 0 Å². The van der Waals surface area contributed by atoms with Gasteiger partial charge in [-0.3, -0.25) is 0 Å². The Morgan fingerprint density at radius 3 is 2.44 bits per heavy atom. The SMILES string of the molecule is CC(Cc1ccc(O)cc1)NCC1(O)CCCC1. The molecule has 0 saturated heterocycles. The minimum atomic E-state index is -0.483. The van der Waals surface area contributed by atoms with Crippen molar-refractivity contribution in [2.75, 3.05) is 6.54 Å². The molecule has 1 aliphatic rings. The maximum atomic E-state index is 10.2. The third-order valence-corrected chi connectivity index (χ3v) is 3.79. The van der Waals surface area contributed by atoms with Crippen molar-refractivity contribution in [3.8, 4) is 5.75 Å². The number of hydrogen-bond donors (Lipinski definition) is 3. The van der Waals surface area contributed by atoms with Crippen LogP contribution in [0.3, 0.4) is 0 Å². The molecule has 1 aliphatic carbocycles. The van der Waals surface area contributed by atoms with Gasteiger partial charge in [0.05, 0.1) is 5.60 Å². The summed E-state index contributed by atoms with van der Waals surface area (Å²) in [5, 5.41) is 22.9. The molecule has 1 aromatic rings. The van der Waals surface area contributed by atoms with E-state index in [9.17, 15) is 10.2 Å². The first kappa shape index (κ1) is 13.4. The summed E-state index contributed by atoms with van der Waals surface area (Å²) in [5.74, 6) is 0.305. The first-order valence-corrected chi connectivity index (χ1v) is 6.81. The van der Waals surface area contributed by atoms with Gasteiger partial charge in [-0.15, -0.1) is 0 Å². The van der Waals surface area contributed by atoms with Crippen LogP contribution in [0.4, 0.5) is 0 Å². The van der Waals surface area contributed by atoms with Crippen LogP contribution in [-0.4, -0.2) is 28.4 Å². The molecule has 0 amide bonds. The van der Waals surface area contributed by atoms with Gasteiger partial charge in [0.2, 0.25) is 0 Å². The van der Waals surface area contributed by atoms with Gasteiger partial charge in [-0.05, 0) is 43.9 Å². The molecule has 0 aliphatic heterocycles. The van der Waals surface area contributed by atoms with Gasteiger partial charge in [0, 0.05) is 12.6 Å². The Morgan fingerprint density at radius 1 is 1.22 bits per heavy atom. The molecular weight excluding hydrogens is 226 g/mol. The Morgan fingerprint density at radius 2 is 1.83 bits per heavy atom. The summed E-state index contributed by atoms with van der Waals surface area (Å²) in [7, 11) is 0. The Hall–Kier alpha value is -1.06. The monoisotopic (exact) mass is 249 g/mol. The fraction of sp³-hybridized carbons (Fsp3) is 0.600. The highest BCUT2D eigenvalue weighted by atomic mass is 16.3. The second kappa shape index (κ2) is 5.72. The lowest BCUT2D eigenvalue weighted by Crippen LogP contribution is -2.42. The summed E-state index contributed by atoms with van der Waals surface area (Å²) in [6.07, 6.45) is 5.04. The van der Waals surface area contributed by atoms with Crippen molar-refractivity contribution in [2.24, 2.45) is 0 Å². The average Bonchev–Trinajstić information content (AvgIpc) is 2.78. The van der Waals surface area contributed by atoms with Crippen LogP contribution in [0.15, 0.2) is 24.3 Å². The van der Waals surface area contributed by atoms with Crippen molar-refractivity contribution in [3.63, 3.8) is 0 Å². The molecule has 1 aromatic carbocycles. The smallest absolute Gasteiger partial charge is 0.115 e. The minimum absolute atomic E-state index is 0.305. The molecule has 1 unspecified atom stereocenters. The van der Waals surface area contributed by atoms with Gasteiger partial charge in [0.15, 0.2) is 0 Å². The number of phenols is 1. The average molecular weight is 249 g/mol. The maximum absolute atomic E-state index is 10.2. The third-order valence-electron chi connectivity index (χ3n) is 3.79. The van der Waals surface area contributed by atoms with Gasteiger partial charge in [0.25, 0.3) is 0 Å². The van der Waals surface area contributed by atoms with E-state index in [1.54, 1.807) is 12.1 Å². The van der Waals surface area contributed by atoms with E-state index < -0.39 is 5.60 Å². The maximum Gasteiger partial charge on any atom is 0.115 e. The number of nitrogens with one attached hydrogen (secondary N) is 1. The van der Waals surface area contributed by atoms with E-state index in [1.165, 1.54) is 5.56 Å². The molecule has 3 N–H and O–H groups in total. The van der Waals surface area contributed by atoms with E-state index >= 15 is 0 Å². The molecular formula is C15H23NO2. The normalized spacial score (nSPS) is 19.9. The predicted octanol–water partition coefficient (Wildman–Crippen LogP) is 2.22. The Bertz CT molecular complexity index is 369. The summed E-state index contributed by atoms with van der Waals surface area (Å²) in [6, 6.07) is 7.65. The van der Waals surface area contributed by atoms with E-state index in [1.807, 2.05) is 12.1 Å². The second-order valence-corrected chi connectivity index (χ2v) is 5.58. The number of phenolic OH excluding ortho intramolecular Hbond substituents is 1. The number of hydrogen-bond acceptors (Lipinski definition) is 3. The number of rotatable bonds is 5. The summed E-state index contributed by atoms with van der Waals surface area (Å²) in [4.78, 5) is 0. The summed E-state index contributed by atoms with van der Waals surface area (Å²) in [6.45, 7) is 2.82. The van der Waals surface area contributed by atoms with Gasteiger partial charge in [-0.25, -0.2) is 0 Å². The minimum Gasteiger partial charge on any atom is -0.508 e. The Balaban J connectivity index is 1.78. The van der Waals surface area contributed by atoms with Gasteiger partial charge < -0.3 is 15.5 Å². The number of aromatic hydroxyl groups is 1. The second-order valence-electron chi connectivity index (χ2n) is 5.58. The lowest BCUT2D eigenvalue weighted by molar-refractivity contribution is 0.0454. The highest BCUT2D eigenvalue weighted by Crippen LogP contribution is 2.28. The van der Waals surface area contributed by atoms with E-state index in [0.717, 1.165) is 32.1 Å². The molecule has 18 heavy (non-hydrogen) atoms. The van der Waals surface area contributed by atoms with Crippen molar-refractivity contribution >= 4 is 0 Å². The zero-order valence-corrected chi connectivity index (χ0v) is 11.0. The van der Waals surface area contributed by atoms with Crippen molar-refractivity contribution in [2.45, 2.75) is 50.7 Å². The van der Waals surface area contributed by atoms with Gasteiger partial charge in [0.1, 0.15) is 5.75 Å². The van der Waals surface area contributed by atoms with Crippen molar-refractivity contribution < 1.29 is 10.2 Å². The molecule has 2 rings (SSSR count). The summed E-state index contributed by atoms with van der Waals surface area (Å²) in [5.41, 5.74) is 0.717. The fourth-order valence-electron chi connectivity index (χ4n) is 2.63. The zero-order chi connectivity index (χ0) is 13.0. The van der Waals surface area contributed by atoms with Crippen LogP contribution in [0.1, 0.15) is 38.2 Å². The molecule has 0 heterocycles. The third kappa shape index (κ3) is 3.72. The Labute approximate surface area is 109 Å². The number of benzene rings is 1. The highest BCUT2D eigenvalue weighted by Gasteiger charge is 2.30. The van der Waals surface area contributed by atoms with E-state index in [2.05, 4.69) is 12.2 Å². The molecule has 1 saturated carbocycles. The zero-order valence-electron chi connectivity index (χ0n) is 11.0. The first-order valence-electron chi connectivity index (χ1n) is 6.81. The standard InChI is InChI=1S/C15H23NO2/c1-12(10-13-4-6-14(17)7-5-13)16-11-15(18)8-2-3-9-15/h4-7,12,16-18H,2-3,8-11H2,1H3. The van der Waals surface area contributed by atoms with E-state index in [4.69, 9.17) is 0 Å².